The second-order valence-corrected chi connectivity index (χ2v) is 8.13. The van der Waals surface area contributed by atoms with Crippen molar-refractivity contribution >= 4 is 23.2 Å². The lowest BCUT2D eigenvalue weighted by molar-refractivity contribution is 0.0868. The molecule has 1 atom stereocenters. The molecule has 154 valence electrons. The summed E-state index contributed by atoms with van der Waals surface area (Å²) in [6.45, 7) is 5.07. The molecule has 0 saturated carbocycles. The van der Waals surface area contributed by atoms with Crippen molar-refractivity contribution in [3.8, 4) is 11.5 Å². The van der Waals surface area contributed by atoms with Gasteiger partial charge in [-0.05, 0) is 31.4 Å². The van der Waals surface area contributed by atoms with Crippen LogP contribution in [0, 0.1) is 0 Å². The molecule has 2 aromatic carbocycles. The smallest absolute Gasteiger partial charge is 0.255 e. The van der Waals surface area contributed by atoms with E-state index < -0.39 is 0 Å². The van der Waals surface area contributed by atoms with Crippen LogP contribution < -0.4 is 20.5 Å². The minimum Gasteiger partial charge on any atom is -0.485 e. The molecule has 1 fully saturated rings. The molecular formula is C22H26ClN3O3. The van der Waals surface area contributed by atoms with Crippen LogP contribution in [-0.2, 0) is 6.54 Å². The minimum absolute atomic E-state index is 0.116. The van der Waals surface area contributed by atoms with Gasteiger partial charge in [-0.15, -0.1) is 0 Å². The quantitative estimate of drug-likeness (QED) is 0.747. The van der Waals surface area contributed by atoms with Crippen molar-refractivity contribution in [2.75, 3.05) is 25.4 Å². The molecule has 0 aliphatic carbocycles. The number of nitrogens with two attached hydrogens (primary N) is 1. The Kier molecular flexibility index (Phi) is 5.83. The molecule has 2 aliphatic heterocycles. The van der Waals surface area contributed by atoms with E-state index in [0.29, 0.717) is 34.4 Å². The number of fused-ring (bicyclic) bond motifs is 1. The fourth-order valence-corrected chi connectivity index (χ4v) is 4.02. The summed E-state index contributed by atoms with van der Waals surface area (Å²) >= 11 is 6.23. The highest BCUT2D eigenvalue weighted by molar-refractivity contribution is 6.34. The maximum atomic E-state index is 12.9. The lowest BCUT2D eigenvalue weighted by Gasteiger charge is -2.33. The van der Waals surface area contributed by atoms with Crippen LogP contribution in [-0.4, -0.2) is 42.6 Å². The molecule has 1 amide bonds. The highest BCUT2D eigenvalue weighted by Gasteiger charge is 2.29. The molecule has 7 heteroatoms. The van der Waals surface area contributed by atoms with Crippen molar-refractivity contribution < 1.29 is 14.3 Å². The number of rotatable bonds is 4. The first-order valence-corrected chi connectivity index (χ1v) is 10.4. The highest BCUT2D eigenvalue weighted by atomic mass is 35.5. The third kappa shape index (κ3) is 4.43. The topological polar surface area (TPSA) is 76.8 Å². The van der Waals surface area contributed by atoms with Crippen LogP contribution in [0.1, 0.15) is 35.7 Å². The number of ether oxygens (including phenoxy) is 2. The number of benzene rings is 2. The molecule has 0 aromatic heterocycles. The van der Waals surface area contributed by atoms with Crippen LogP contribution in [0.5, 0.6) is 11.5 Å². The van der Waals surface area contributed by atoms with Gasteiger partial charge in [-0.2, -0.15) is 0 Å². The number of piperidine rings is 1. The number of nitrogens with one attached hydrogen (secondary N) is 1. The van der Waals surface area contributed by atoms with E-state index >= 15 is 0 Å². The summed E-state index contributed by atoms with van der Waals surface area (Å²) in [5.74, 6) is 0.533. The molecule has 1 unspecified atom stereocenters. The molecule has 0 spiro atoms. The number of hydrogen-bond acceptors (Lipinski definition) is 5. The van der Waals surface area contributed by atoms with Crippen LogP contribution in [0.15, 0.2) is 36.4 Å². The Morgan fingerprint density at radius 3 is 2.69 bits per heavy atom. The Bertz CT molecular complexity index is 883. The summed E-state index contributed by atoms with van der Waals surface area (Å²) in [6.07, 6.45) is 1.66. The third-order valence-corrected chi connectivity index (χ3v) is 5.73. The van der Waals surface area contributed by atoms with Gasteiger partial charge in [-0.1, -0.05) is 41.9 Å². The average Bonchev–Trinajstić information content (AvgIpc) is 2.73. The van der Waals surface area contributed by atoms with E-state index in [4.69, 9.17) is 26.8 Å². The van der Waals surface area contributed by atoms with Crippen LogP contribution in [0.2, 0.25) is 5.02 Å². The Hall–Kier alpha value is -2.44. The van der Waals surface area contributed by atoms with E-state index in [1.165, 1.54) is 5.56 Å². The summed E-state index contributed by atoms with van der Waals surface area (Å²) in [6, 6.07) is 12.1. The van der Waals surface area contributed by atoms with E-state index in [1.54, 1.807) is 6.07 Å². The second kappa shape index (κ2) is 8.51. The summed E-state index contributed by atoms with van der Waals surface area (Å²) in [7, 11) is 0. The van der Waals surface area contributed by atoms with Gasteiger partial charge in [-0.25, -0.2) is 0 Å². The standard InChI is InChI=1S/C22H26ClN3O3/c1-14-13-28-20-17(11-18(23)19(24)21(20)29-14)22(27)25-16-7-9-26(10-8-16)12-15-5-3-2-4-6-15/h2-6,11,14,16H,7-10,12-13,24H2,1H3,(H,25,27). The molecule has 3 N–H and O–H groups in total. The number of carbonyl (C=O) groups excluding carboxylic acids is 1. The number of anilines is 1. The van der Waals surface area contributed by atoms with E-state index in [2.05, 4.69) is 34.5 Å². The number of carbonyl (C=O) groups is 1. The molecule has 0 radical (unpaired) electrons. The number of nitrogen functional groups attached to an aromatic ring is 1. The second-order valence-electron chi connectivity index (χ2n) is 7.73. The first kappa shape index (κ1) is 19.9. The zero-order valence-corrected chi connectivity index (χ0v) is 17.2. The first-order valence-electron chi connectivity index (χ1n) is 10.00. The predicted molar refractivity (Wildman–Crippen MR) is 114 cm³/mol. The van der Waals surface area contributed by atoms with Gasteiger partial charge >= 0.3 is 0 Å². The number of hydrogen-bond donors (Lipinski definition) is 2. The molecule has 2 heterocycles. The van der Waals surface area contributed by atoms with Gasteiger partial charge in [0, 0.05) is 25.7 Å². The van der Waals surface area contributed by atoms with E-state index in [9.17, 15) is 4.79 Å². The Labute approximate surface area is 175 Å². The van der Waals surface area contributed by atoms with Crippen molar-refractivity contribution in [3.05, 3.63) is 52.5 Å². The molecule has 2 aliphatic rings. The minimum atomic E-state index is -0.206. The van der Waals surface area contributed by atoms with Gasteiger partial charge in [-0.3, -0.25) is 9.69 Å². The van der Waals surface area contributed by atoms with E-state index in [1.807, 2.05) is 13.0 Å². The SMILES string of the molecule is CC1COc2c(C(=O)NC3CCN(Cc4ccccc4)CC3)cc(Cl)c(N)c2O1. The average molecular weight is 416 g/mol. The largest absolute Gasteiger partial charge is 0.485 e. The Morgan fingerprint density at radius 1 is 1.24 bits per heavy atom. The Morgan fingerprint density at radius 2 is 1.97 bits per heavy atom. The van der Waals surface area contributed by atoms with Crippen molar-refractivity contribution in [2.24, 2.45) is 0 Å². The zero-order chi connectivity index (χ0) is 20.4. The van der Waals surface area contributed by atoms with Gasteiger partial charge in [0.15, 0.2) is 11.5 Å². The van der Waals surface area contributed by atoms with Crippen LogP contribution in [0.4, 0.5) is 5.69 Å². The number of likely N-dealkylation sites (tertiary alicyclic amines) is 1. The van der Waals surface area contributed by atoms with Gasteiger partial charge in [0.2, 0.25) is 0 Å². The van der Waals surface area contributed by atoms with Gasteiger partial charge in [0.05, 0.1) is 16.3 Å². The van der Waals surface area contributed by atoms with Gasteiger partial charge in [0.25, 0.3) is 5.91 Å². The molecular weight excluding hydrogens is 390 g/mol. The summed E-state index contributed by atoms with van der Waals surface area (Å²) in [5, 5.41) is 3.42. The molecule has 29 heavy (non-hydrogen) atoms. The molecule has 0 bridgehead atoms. The van der Waals surface area contributed by atoms with Crippen molar-refractivity contribution in [3.63, 3.8) is 0 Å². The van der Waals surface area contributed by atoms with E-state index in [0.717, 1.165) is 32.5 Å². The maximum Gasteiger partial charge on any atom is 0.255 e. The zero-order valence-electron chi connectivity index (χ0n) is 16.5. The predicted octanol–water partition coefficient (Wildman–Crippen LogP) is 3.48. The van der Waals surface area contributed by atoms with Crippen molar-refractivity contribution in [1.29, 1.82) is 0 Å². The number of halogens is 1. The summed E-state index contributed by atoms with van der Waals surface area (Å²) < 4.78 is 11.5. The van der Waals surface area contributed by atoms with Crippen molar-refractivity contribution in [1.82, 2.24) is 10.2 Å². The highest BCUT2D eigenvalue weighted by Crippen LogP contribution is 2.44. The first-order chi connectivity index (χ1) is 14.0. The third-order valence-electron chi connectivity index (χ3n) is 5.42. The van der Waals surface area contributed by atoms with Crippen molar-refractivity contribution in [2.45, 2.75) is 38.5 Å². The lowest BCUT2D eigenvalue weighted by Crippen LogP contribution is -2.44. The van der Waals surface area contributed by atoms with Gasteiger partial charge < -0.3 is 20.5 Å². The molecule has 1 saturated heterocycles. The molecule has 6 nitrogen and oxygen atoms in total. The van der Waals surface area contributed by atoms with E-state index in [-0.39, 0.29) is 18.1 Å². The van der Waals surface area contributed by atoms with Gasteiger partial charge in [0.1, 0.15) is 12.7 Å². The lowest BCUT2D eigenvalue weighted by atomic mass is 10.0. The normalized spacial score (nSPS) is 19.7. The van der Waals surface area contributed by atoms with Crippen LogP contribution in [0.3, 0.4) is 0 Å². The summed E-state index contributed by atoms with van der Waals surface area (Å²) in [5.41, 5.74) is 8.01. The number of amides is 1. The summed E-state index contributed by atoms with van der Waals surface area (Å²) in [4.78, 5) is 15.4. The molecule has 4 rings (SSSR count). The number of nitrogens with zero attached hydrogens (tertiary/aromatic N) is 1. The Balaban J connectivity index is 1.39. The van der Waals surface area contributed by atoms with Crippen LogP contribution in [0.25, 0.3) is 0 Å². The fourth-order valence-electron chi connectivity index (χ4n) is 3.83. The molecule has 2 aromatic rings. The van der Waals surface area contributed by atoms with Crippen LogP contribution >= 0.6 is 11.6 Å². The monoisotopic (exact) mass is 415 g/mol. The maximum absolute atomic E-state index is 12.9. The fraction of sp³-hybridized carbons (Fsp3) is 0.409.